The highest BCUT2D eigenvalue weighted by molar-refractivity contribution is 5.81. The molecule has 114 valence electrons. The van der Waals surface area contributed by atoms with Gasteiger partial charge in [-0.2, -0.15) is 0 Å². The van der Waals surface area contributed by atoms with Crippen molar-refractivity contribution < 1.29 is 4.79 Å². The maximum Gasteiger partial charge on any atom is 0.137 e. The quantitative estimate of drug-likeness (QED) is 0.664. The fourth-order valence-electron chi connectivity index (χ4n) is 4.04. The second kappa shape index (κ2) is 4.97. The van der Waals surface area contributed by atoms with Crippen molar-refractivity contribution in [1.82, 2.24) is 0 Å². The second-order valence-electron chi connectivity index (χ2n) is 8.36. The number of fused-ring (bicyclic) bond motifs is 2. The molecule has 1 nitrogen and oxygen atoms in total. The topological polar surface area (TPSA) is 17.1 Å². The number of hydrogen-bond acceptors (Lipinski definition) is 1. The molecule has 2 aliphatic rings. The Morgan fingerprint density at radius 2 is 1.33 bits per heavy atom. The molecule has 0 saturated heterocycles. The van der Waals surface area contributed by atoms with Crippen LogP contribution in [-0.2, 0) is 28.5 Å². The van der Waals surface area contributed by atoms with Crippen LogP contribution in [0.4, 0.5) is 0 Å². The minimum Gasteiger partial charge on any atom is -0.299 e. The standard InChI is InChI=1S/C20H28O/c1-19(2)9-10-20(3,4)18-13-15-11-16(21)8-6-5-7-14(15)12-17(18)19/h12-13H,5-11H2,1-4H3. The summed E-state index contributed by atoms with van der Waals surface area (Å²) in [5.41, 5.74) is 6.28. The number of carbonyl (C=O) groups is 1. The van der Waals surface area contributed by atoms with E-state index in [2.05, 4.69) is 39.8 Å². The zero-order valence-corrected chi connectivity index (χ0v) is 14.0. The third-order valence-corrected chi connectivity index (χ3v) is 5.71. The first-order chi connectivity index (χ1) is 9.79. The zero-order chi connectivity index (χ0) is 15.3. The Kier molecular flexibility index (Phi) is 3.50. The van der Waals surface area contributed by atoms with Crippen LogP contribution in [0, 0.1) is 0 Å². The van der Waals surface area contributed by atoms with Gasteiger partial charge in [-0.15, -0.1) is 0 Å². The van der Waals surface area contributed by atoms with Gasteiger partial charge in [0.25, 0.3) is 0 Å². The number of ketones is 1. The predicted octanol–water partition coefficient (Wildman–Crippen LogP) is 4.87. The molecule has 1 aromatic carbocycles. The molecule has 0 N–H and O–H groups in total. The number of Topliss-reactive ketones (excluding diaryl/α,β-unsaturated/α-hetero) is 1. The molecule has 0 spiro atoms. The molecule has 0 unspecified atom stereocenters. The lowest BCUT2D eigenvalue weighted by Crippen LogP contribution is -2.34. The molecule has 1 heteroatoms. The van der Waals surface area contributed by atoms with Gasteiger partial charge in [-0.05, 0) is 65.2 Å². The highest BCUT2D eigenvalue weighted by atomic mass is 16.1. The average molecular weight is 284 g/mol. The Hall–Kier alpha value is -1.11. The van der Waals surface area contributed by atoms with Gasteiger partial charge in [0, 0.05) is 12.8 Å². The van der Waals surface area contributed by atoms with Gasteiger partial charge in [0.15, 0.2) is 0 Å². The van der Waals surface area contributed by atoms with Gasteiger partial charge in [-0.1, -0.05) is 39.8 Å². The maximum atomic E-state index is 12.1. The SMILES string of the molecule is CC1(C)CCC(C)(C)c2cc3c(cc21)CCCCC(=O)C3. The number of benzene rings is 1. The van der Waals surface area contributed by atoms with Gasteiger partial charge in [-0.3, -0.25) is 4.79 Å². The number of hydrogen-bond donors (Lipinski definition) is 0. The van der Waals surface area contributed by atoms with Crippen LogP contribution in [-0.4, -0.2) is 5.78 Å². The lowest BCUT2D eigenvalue weighted by molar-refractivity contribution is -0.118. The van der Waals surface area contributed by atoms with Crippen molar-refractivity contribution in [3.63, 3.8) is 0 Å². The van der Waals surface area contributed by atoms with Crippen LogP contribution < -0.4 is 0 Å². The third kappa shape index (κ3) is 2.67. The highest BCUT2D eigenvalue weighted by Gasteiger charge is 2.37. The van der Waals surface area contributed by atoms with Crippen LogP contribution in [0.3, 0.4) is 0 Å². The summed E-state index contributed by atoms with van der Waals surface area (Å²) in [7, 11) is 0. The van der Waals surface area contributed by atoms with E-state index in [1.807, 2.05) is 0 Å². The van der Waals surface area contributed by atoms with E-state index in [9.17, 15) is 4.79 Å². The predicted molar refractivity (Wildman–Crippen MR) is 88.0 cm³/mol. The normalized spacial score (nSPS) is 23.7. The fraction of sp³-hybridized carbons (Fsp3) is 0.650. The van der Waals surface area contributed by atoms with Crippen LogP contribution in [0.1, 0.15) is 82.1 Å². The summed E-state index contributed by atoms with van der Waals surface area (Å²) in [6, 6.07) is 4.83. The number of rotatable bonds is 0. The van der Waals surface area contributed by atoms with Crippen LogP contribution in [0.5, 0.6) is 0 Å². The summed E-state index contributed by atoms with van der Waals surface area (Å²) in [6.45, 7) is 9.47. The minimum absolute atomic E-state index is 0.241. The largest absolute Gasteiger partial charge is 0.299 e. The first-order valence-electron chi connectivity index (χ1n) is 8.48. The van der Waals surface area contributed by atoms with Crippen molar-refractivity contribution in [3.8, 4) is 0 Å². The molecular weight excluding hydrogens is 256 g/mol. The minimum atomic E-state index is 0.241. The first kappa shape index (κ1) is 14.8. The van der Waals surface area contributed by atoms with E-state index in [4.69, 9.17) is 0 Å². The molecule has 0 bridgehead atoms. The molecule has 0 amide bonds. The molecule has 3 rings (SSSR count). The van der Waals surface area contributed by atoms with Crippen molar-refractivity contribution in [3.05, 3.63) is 34.4 Å². The first-order valence-corrected chi connectivity index (χ1v) is 8.48. The summed E-state index contributed by atoms with van der Waals surface area (Å²) >= 11 is 0. The Morgan fingerprint density at radius 1 is 0.810 bits per heavy atom. The van der Waals surface area contributed by atoms with Gasteiger partial charge in [0.1, 0.15) is 5.78 Å². The molecule has 21 heavy (non-hydrogen) atoms. The Balaban J connectivity index is 2.16. The smallest absolute Gasteiger partial charge is 0.137 e. The van der Waals surface area contributed by atoms with Crippen LogP contribution in [0.25, 0.3) is 0 Å². The van der Waals surface area contributed by atoms with E-state index in [-0.39, 0.29) is 10.8 Å². The lowest BCUT2D eigenvalue weighted by Gasteiger charge is -2.42. The van der Waals surface area contributed by atoms with E-state index in [0.29, 0.717) is 12.2 Å². The van der Waals surface area contributed by atoms with Gasteiger partial charge in [0.2, 0.25) is 0 Å². The van der Waals surface area contributed by atoms with E-state index >= 15 is 0 Å². The van der Waals surface area contributed by atoms with Crippen LogP contribution >= 0.6 is 0 Å². The second-order valence-corrected chi connectivity index (χ2v) is 8.36. The molecule has 0 saturated carbocycles. The Labute approximate surface area is 129 Å². The lowest BCUT2D eigenvalue weighted by atomic mass is 9.62. The highest BCUT2D eigenvalue weighted by Crippen LogP contribution is 2.46. The molecule has 0 aromatic heterocycles. The van der Waals surface area contributed by atoms with Crippen molar-refractivity contribution in [1.29, 1.82) is 0 Å². The molecular formula is C20H28O. The number of carbonyl (C=O) groups excluding carboxylic acids is 1. The van der Waals surface area contributed by atoms with E-state index in [1.54, 1.807) is 0 Å². The van der Waals surface area contributed by atoms with Crippen LogP contribution in [0.15, 0.2) is 12.1 Å². The van der Waals surface area contributed by atoms with E-state index in [0.717, 1.165) is 25.7 Å². The summed E-state index contributed by atoms with van der Waals surface area (Å²) < 4.78 is 0. The zero-order valence-electron chi connectivity index (χ0n) is 14.0. The van der Waals surface area contributed by atoms with Gasteiger partial charge < -0.3 is 0 Å². The molecule has 0 aliphatic heterocycles. The molecule has 0 atom stereocenters. The van der Waals surface area contributed by atoms with Gasteiger partial charge in [0.05, 0.1) is 0 Å². The van der Waals surface area contributed by atoms with Crippen molar-refractivity contribution >= 4 is 5.78 Å². The van der Waals surface area contributed by atoms with E-state index < -0.39 is 0 Å². The van der Waals surface area contributed by atoms with Crippen molar-refractivity contribution in [2.75, 3.05) is 0 Å². The fourth-order valence-corrected chi connectivity index (χ4v) is 4.04. The molecule has 0 fully saturated rings. The molecule has 0 heterocycles. The van der Waals surface area contributed by atoms with Crippen molar-refractivity contribution in [2.45, 2.75) is 83.5 Å². The average Bonchev–Trinajstić information content (AvgIpc) is 2.38. The van der Waals surface area contributed by atoms with Gasteiger partial charge >= 0.3 is 0 Å². The van der Waals surface area contributed by atoms with E-state index in [1.165, 1.54) is 35.1 Å². The third-order valence-electron chi connectivity index (χ3n) is 5.71. The molecule has 0 radical (unpaired) electrons. The van der Waals surface area contributed by atoms with Crippen molar-refractivity contribution in [2.24, 2.45) is 0 Å². The summed E-state index contributed by atoms with van der Waals surface area (Å²) in [4.78, 5) is 12.1. The van der Waals surface area contributed by atoms with Crippen LogP contribution in [0.2, 0.25) is 0 Å². The van der Waals surface area contributed by atoms with Gasteiger partial charge in [-0.25, -0.2) is 0 Å². The monoisotopic (exact) mass is 284 g/mol. The summed E-state index contributed by atoms with van der Waals surface area (Å²) in [6.07, 6.45) is 7.27. The Morgan fingerprint density at radius 3 is 1.95 bits per heavy atom. The molecule has 2 aliphatic carbocycles. The number of aryl methyl sites for hydroxylation is 1. The summed E-state index contributed by atoms with van der Waals surface area (Å²) in [5.74, 6) is 0.420. The maximum absolute atomic E-state index is 12.1. The Bertz CT molecular complexity index is 578. The summed E-state index contributed by atoms with van der Waals surface area (Å²) in [5, 5.41) is 0. The molecule has 1 aromatic rings.